The molecule has 1 amide bonds. The molecule has 1 saturated heterocycles. The molecule has 0 radical (unpaired) electrons. The first-order valence-corrected chi connectivity index (χ1v) is 8.64. The minimum atomic E-state index is -0.739. The summed E-state index contributed by atoms with van der Waals surface area (Å²) in [6.07, 6.45) is 9.84. The molecule has 0 spiro atoms. The third-order valence-electron chi connectivity index (χ3n) is 5.95. The second kappa shape index (κ2) is 6.37. The number of likely N-dealkylation sites (tertiary alicyclic amines) is 1. The number of aliphatic carboxylic acids is 1. The third-order valence-corrected chi connectivity index (χ3v) is 5.95. The zero-order valence-electron chi connectivity index (χ0n) is 12.8. The summed E-state index contributed by atoms with van der Waals surface area (Å²) in [4.78, 5) is 25.4. The van der Waals surface area contributed by atoms with Crippen LogP contribution in [0.4, 0.5) is 0 Å². The monoisotopic (exact) mass is 293 g/mol. The van der Waals surface area contributed by atoms with Gasteiger partial charge < -0.3 is 10.0 Å². The Morgan fingerprint density at radius 3 is 2.52 bits per heavy atom. The fourth-order valence-electron chi connectivity index (χ4n) is 4.80. The first-order chi connectivity index (χ1) is 10.1. The van der Waals surface area contributed by atoms with Crippen molar-refractivity contribution in [3.63, 3.8) is 0 Å². The summed E-state index contributed by atoms with van der Waals surface area (Å²) in [6.45, 7) is 1.43. The molecule has 0 bridgehead atoms. The van der Waals surface area contributed by atoms with Crippen LogP contribution in [0.5, 0.6) is 0 Å². The Balaban J connectivity index is 1.53. The minimum absolute atomic E-state index is 0.164. The summed E-state index contributed by atoms with van der Waals surface area (Å²) in [5.74, 6) is 1.61. The topological polar surface area (TPSA) is 57.6 Å². The van der Waals surface area contributed by atoms with E-state index in [0.29, 0.717) is 12.5 Å². The number of carboxylic acids is 1. The molecule has 2 saturated carbocycles. The maximum Gasteiger partial charge on any atom is 0.303 e. The molecule has 4 unspecified atom stereocenters. The number of hydrogen-bond donors (Lipinski definition) is 1. The van der Waals surface area contributed by atoms with E-state index in [4.69, 9.17) is 5.11 Å². The average molecular weight is 293 g/mol. The van der Waals surface area contributed by atoms with Crippen LogP contribution in [-0.2, 0) is 9.59 Å². The largest absolute Gasteiger partial charge is 0.481 e. The van der Waals surface area contributed by atoms with Crippen LogP contribution in [0.25, 0.3) is 0 Å². The number of nitrogens with zero attached hydrogens (tertiary/aromatic N) is 1. The molecule has 1 heterocycles. The molecule has 4 nitrogen and oxygen atoms in total. The fourth-order valence-corrected chi connectivity index (χ4v) is 4.80. The van der Waals surface area contributed by atoms with Crippen molar-refractivity contribution in [2.45, 2.75) is 57.8 Å². The molecule has 4 atom stereocenters. The van der Waals surface area contributed by atoms with E-state index in [1.165, 1.54) is 32.1 Å². The summed E-state index contributed by atoms with van der Waals surface area (Å²) in [7, 11) is 0. The molecule has 0 aromatic heterocycles. The van der Waals surface area contributed by atoms with E-state index in [1.54, 1.807) is 0 Å². The molecule has 118 valence electrons. The second-order valence-electron chi connectivity index (χ2n) is 7.35. The Labute approximate surface area is 126 Å². The van der Waals surface area contributed by atoms with Crippen molar-refractivity contribution in [1.29, 1.82) is 0 Å². The van der Waals surface area contributed by atoms with E-state index in [1.807, 2.05) is 4.90 Å². The lowest BCUT2D eigenvalue weighted by Crippen LogP contribution is -2.39. The van der Waals surface area contributed by atoms with E-state index in [-0.39, 0.29) is 18.3 Å². The van der Waals surface area contributed by atoms with Crippen molar-refractivity contribution >= 4 is 11.9 Å². The molecule has 3 rings (SSSR count). The molecule has 1 N–H and O–H groups in total. The highest BCUT2D eigenvalue weighted by molar-refractivity contribution is 5.79. The van der Waals surface area contributed by atoms with E-state index < -0.39 is 5.97 Å². The summed E-state index contributed by atoms with van der Waals surface area (Å²) in [5.41, 5.74) is 0. The van der Waals surface area contributed by atoms with Gasteiger partial charge in [-0.25, -0.2) is 0 Å². The van der Waals surface area contributed by atoms with Crippen molar-refractivity contribution in [2.24, 2.45) is 23.7 Å². The molecule has 0 aromatic carbocycles. The van der Waals surface area contributed by atoms with Gasteiger partial charge in [0.15, 0.2) is 0 Å². The van der Waals surface area contributed by atoms with Crippen molar-refractivity contribution in [1.82, 2.24) is 4.90 Å². The predicted molar refractivity (Wildman–Crippen MR) is 79.7 cm³/mol. The number of carboxylic acid groups (broad SMARTS) is 1. The quantitative estimate of drug-likeness (QED) is 0.870. The maximum absolute atomic E-state index is 12.7. The van der Waals surface area contributed by atoms with Gasteiger partial charge in [-0.1, -0.05) is 25.7 Å². The smallest absolute Gasteiger partial charge is 0.303 e. The SMILES string of the molecule is O=C(O)CC1CCN(C(=O)C2CCC3CCCCC3C2)C1. The number of rotatable bonds is 3. The Kier molecular flexibility index (Phi) is 4.51. The lowest BCUT2D eigenvalue weighted by atomic mass is 9.67. The predicted octanol–water partition coefficient (Wildman–Crippen LogP) is 2.92. The Bertz CT molecular complexity index is 409. The molecule has 3 aliphatic rings. The van der Waals surface area contributed by atoms with Gasteiger partial charge in [0.05, 0.1) is 0 Å². The van der Waals surface area contributed by atoms with Gasteiger partial charge in [0.25, 0.3) is 0 Å². The van der Waals surface area contributed by atoms with Crippen molar-refractivity contribution in [2.75, 3.05) is 13.1 Å². The van der Waals surface area contributed by atoms with Crippen LogP contribution in [0.3, 0.4) is 0 Å². The Hall–Kier alpha value is -1.06. The van der Waals surface area contributed by atoms with Gasteiger partial charge in [-0.05, 0) is 43.4 Å². The first-order valence-electron chi connectivity index (χ1n) is 8.64. The normalized spacial score (nSPS) is 36.3. The summed E-state index contributed by atoms with van der Waals surface area (Å²) < 4.78 is 0. The minimum Gasteiger partial charge on any atom is -0.481 e. The fraction of sp³-hybridized carbons (Fsp3) is 0.882. The standard InChI is InChI=1S/C17H27NO3/c19-16(20)9-12-7-8-18(11-12)17(21)15-6-5-13-3-1-2-4-14(13)10-15/h12-15H,1-11H2,(H,19,20). The highest BCUT2D eigenvalue weighted by atomic mass is 16.4. The van der Waals surface area contributed by atoms with Crippen LogP contribution in [-0.4, -0.2) is 35.0 Å². The lowest BCUT2D eigenvalue weighted by molar-refractivity contribution is -0.139. The van der Waals surface area contributed by atoms with Crippen LogP contribution in [0.1, 0.15) is 57.8 Å². The number of fused-ring (bicyclic) bond motifs is 1. The van der Waals surface area contributed by atoms with Crippen LogP contribution in [0, 0.1) is 23.7 Å². The highest BCUT2D eigenvalue weighted by Gasteiger charge is 2.38. The van der Waals surface area contributed by atoms with E-state index in [9.17, 15) is 9.59 Å². The van der Waals surface area contributed by atoms with E-state index >= 15 is 0 Å². The van der Waals surface area contributed by atoms with E-state index in [2.05, 4.69) is 0 Å². The Morgan fingerprint density at radius 1 is 1.00 bits per heavy atom. The first kappa shape index (κ1) is 14.9. The average Bonchev–Trinajstić information content (AvgIpc) is 2.93. The zero-order valence-corrected chi connectivity index (χ0v) is 12.8. The third kappa shape index (κ3) is 3.41. The molecule has 0 aromatic rings. The van der Waals surface area contributed by atoms with Crippen molar-refractivity contribution in [3.8, 4) is 0 Å². The maximum atomic E-state index is 12.7. The molecule has 21 heavy (non-hydrogen) atoms. The molecular formula is C17H27NO3. The van der Waals surface area contributed by atoms with E-state index in [0.717, 1.165) is 37.6 Å². The van der Waals surface area contributed by atoms with Crippen LogP contribution in [0.2, 0.25) is 0 Å². The van der Waals surface area contributed by atoms with Gasteiger partial charge in [0.1, 0.15) is 0 Å². The van der Waals surface area contributed by atoms with Crippen molar-refractivity contribution in [3.05, 3.63) is 0 Å². The number of amides is 1. The van der Waals surface area contributed by atoms with Crippen LogP contribution >= 0.6 is 0 Å². The van der Waals surface area contributed by atoms with Gasteiger partial charge in [-0.15, -0.1) is 0 Å². The molecule has 3 fully saturated rings. The molecule has 2 aliphatic carbocycles. The molecule has 4 heteroatoms. The summed E-state index contributed by atoms with van der Waals surface area (Å²) >= 11 is 0. The number of carbonyl (C=O) groups excluding carboxylic acids is 1. The molecule has 1 aliphatic heterocycles. The number of hydrogen-bond acceptors (Lipinski definition) is 2. The van der Waals surface area contributed by atoms with Crippen molar-refractivity contribution < 1.29 is 14.7 Å². The van der Waals surface area contributed by atoms with Gasteiger partial charge in [-0.3, -0.25) is 9.59 Å². The van der Waals surface area contributed by atoms with Crippen LogP contribution in [0.15, 0.2) is 0 Å². The molecular weight excluding hydrogens is 266 g/mol. The Morgan fingerprint density at radius 2 is 1.76 bits per heavy atom. The van der Waals surface area contributed by atoms with Crippen LogP contribution < -0.4 is 0 Å². The van der Waals surface area contributed by atoms with Gasteiger partial charge in [-0.2, -0.15) is 0 Å². The lowest BCUT2D eigenvalue weighted by Gasteiger charge is -2.39. The summed E-state index contributed by atoms with van der Waals surface area (Å²) in [5, 5.41) is 8.87. The van der Waals surface area contributed by atoms with Gasteiger partial charge in [0.2, 0.25) is 5.91 Å². The van der Waals surface area contributed by atoms with Gasteiger partial charge in [0, 0.05) is 25.4 Å². The second-order valence-corrected chi connectivity index (χ2v) is 7.35. The summed E-state index contributed by atoms with van der Waals surface area (Å²) in [6, 6.07) is 0. The number of carbonyl (C=O) groups is 2. The van der Waals surface area contributed by atoms with Gasteiger partial charge >= 0.3 is 5.97 Å². The zero-order chi connectivity index (χ0) is 14.8. The highest BCUT2D eigenvalue weighted by Crippen LogP contribution is 2.43.